The summed E-state index contributed by atoms with van der Waals surface area (Å²) < 4.78 is 0. The van der Waals surface area contributed by atoms with E-state index in [0.717, 1.165) is 11.1 Å². The number of likely N-dealkylation sites (N-methyl/N-ethyl adjacent to an activating group) is 1. The number of halogens is 2. The van der Waals surface area contributed by atoms with Crippen molar-refractivity contribution in [1.29, 1.82) is 0 Å². The van der Waals surface area contributed by atoms with Gasteiger partial charge in [0.15, 0.2) is 0 Å². The molecule has 76 valence electrons. The number of hydrogen-bond acceptors (Lipinski definition) is 2. The van der Waals surface area contributed by atoms with Crippen LogP contribution in [-0.2, 0) is 6.42 Å². The largest absolute Gasteiger partial charge is 0.391 e. The lowest BCUT2D eigenvalue weighted by Gasteiger charge is -2.14. The summed E-state index contributed by atoms with van der Waals surface area (Å²) in [4.78, 5) is 0. The van der Waals surface area contributed by atoms with Crippen LogP contribution in [0.3, 0.4) is 0 Å². The Bertz CT molecular complexity index is 367. The smallest absolute Gasteiger partial charge is 0.0775 e. The third-order valence-electron chi connectivity index (χ3n) is 2.64. The second-order valence-corrected chi connectivity index (χ2v) is 4.34. The van der Waals surface area contributed by atoms with Gasteiger partial charge in [0, 0.05) is 16.5 Å². The van der Waals surface area contributed by atoms with E-state index in [0.29, 0.717) is 16.5 Å². The fourth-order valence-electron chi connectivity index (χ4n) is 2.00. The lowest BCUT2D eigenvalue weighted by molar-refractivity contribution is 0.145. The molecule has 0 fully saturated rings. The highest BCUT2D eigenvalue weighted by molar-refractivity contribution is 6.35. The average Bonchev–Trinajstić information content (AvgIpc) is 2.41. The molecule has 2 atom stereocenters. The van der Waals surface area contributed by atoms with E-state index >= 15 is 0 Å². The number of hydrogen-bond donors (Lipinski definition) is 2. The van der Waals surface area contributed by atoms with Crippen LogP contribution in [0.1, 0.15) is 17.2 Å². The summed E-state index contributed by atoms with van der Waals surface area (Å²) in [5.41, 5.74) is 2.01. The van der Waals surface area contributed by atoms with Gasteiger partial charge in [-0.1, -0.05) is 23.2 Å². The molecule has 2 N–H and O–H groups in total. The summed E-state index contributed by atoms with van der Waals surface area (Å²) in [5, 5.41) is 14.1. The second kappa shape index (κ2) is 3.70. The summed E-state index contributed by atoms with van der Waals surface area (Å²) in [6.07, 6.45) is 0.183. The molecule has 2 nitrogen and oxygen atoms in total. The Morgan fingerprint density at radius 2 is 2.14 bits per heavy atom. The minimum absolute atomic E-state index is 0.0544. The van der Waals surface area contributed by atoms with Crippen molar-refractivity contribution in [2.75, 3.05) is 7.05 Å². The Morgan fingerprint density at radius 1 is 1.43 bits per heavy atom. The maximum atomic E-state index is 9.76. The van der Waals surface area contributed by atoms with Crippen LogP contribution >= 0.6 is 23.2 Å². The van der Waals surface area contributed by atoms with Gasteiger partial charge in [0.25, 0.3) is 0 Å². The lowest BCUT2D eigenvalue weighted by Crippen LogP contribution is -2.25. The van der Waals surface area contributed by atoms with Crippen molar-refractivity contribution in [3.05, 3.63) is 33.3 Å². The first kappa shape index (κ1) is 10.2. The number of benzene rings is 1. The molecule has 0 heterocycles. The average molecular weight is 232 g/mol. The molecule has 0 aliphatic heterocycles. The fraction of sp³-hybridized carbons (Fsp3) is 0.400. The van der Waals surface area contributed by atoms with E-state index in [-0.39, 0.29) is 6.04 Å². The standard InChI is InChI=1S/C10H11Cl2NO/c1-13-10-7-2-5(11)3-8(12)6(7)4-9(10)14/h2-3,9-10,13-14H,4H2,1H3/t9-,10+/m1/s1. The summed E-state index contributed by atoms with van der Waals surface area (Å²) in [6, 6.07) is 3.52. The zero-order chi connectivity index (χ0) is 10.3. The van der Waals surface area contributed by atoms with E-state index in [1.807, 2.05) is 13.1 Å². The maximum absolute atomic E-state index is 9.76. The van der Waals surface area contributed by atoms with Crippen LogP contribution in [0.5, 0.6) is 0 Å². The normalized spacial score (nSPS) is 25.1. The topological polar surface area (TPSA) is 32.3 Å². The molecule has 14 heavy (non-hydrogen) atoms. The minimum Gasteiger partial charge on any atom is -0.391 e. The molecule has 0 bridgehead atoms. The number of rotatable bonds is 1. The molecule has 0 aromatic heterocycles. The van der Waals surface area contributed by atoms with Crippen LogP contribution < -0.4 is 5.32 Å². The monoisotopic (exact) mass is 231 g/mol. The zero-order valence-corrected chi connectivity index (χ0v) is 9.23. The predicted octanol–water partition coefficient (Wildman–Crippen LogP) is 2.17. The first-order valence-corrected chi connectivity index (χ1v) is 5.22. The molecule has 1 aromatic carbocycles. The van der Waals surface area contributed by atoms with Crippen molar-refractivity contribution >= 4 is 23.2 Å². The first-order chi connectivity index (χ1) is 6.63. The summed E-state index contributed by atoms with van der Waals surface area (Å²) in [6.45, 7) is 0. The van der Waals surface area contributed by atoms with Crippen LogP contribution in [0, 0.1) is 0 Å². The van der Waals surface area contributed by atoms with Crippen LogP contribution in [0.25, 0.3) is 0 Å². The minimum atomic E-state index is -0.411. The van der Waals surface area contributed by atoms with E-state index in [1.165, 1.54) is 0 Å². The van der Waals surface area contributed by atoms with Gasteiger partial charge in [-0.2, -0.15) is 0 Å². The Labute approximate surface area is 92.8 Å². The van der Waals surface area contributed by atoms with Crippen molar-refractivity contribution < 1.29 is 5.11 Å². The lowest BCUT2D eigenvalue weighted by atomic mass is 10.1. The highest BCUT2D eigenvalue weighted by Gasteiger charge is 2.31. The molecule has 4 heteroatoms. The predicted molar refractivity (Wildman–Crippen MR) is 58.0 cm³/mol. The van der Waals surface area contributed by atoms with Crippen molar-refractivity contribution in [2.24, 2.45) is 0 Å². The molecule has 0 spiro atoms. The highest BCUT2D eigenvalue weighted by atomic mass is 35.5. The number of nitrogens with one attached hydrogen (secondary N) is 1. The van der Waals surface area contributed by atoms with E-state index in [1.54, 1.807) is 6.07 Å². The van der Waals surface area contributed by atoms with Crippen LogP contribution in [0.15, 0.2) is 12.1 Å². The van der Waals surface area contributed by atoms with E-state index in [2.05, 4.69) is 5.32 Å². The molecule has 0 saturated heterocycles. The van der Waals surface area contributed by atoms with Gasteiger partial charge in [-0.25, -0.2) is 0 Å². The third kappa shape index (κ3) is 1.52. The molecule has 1 aliphatic carbocycles. The van der Waals surface area contributed by atoms with Crippen LogP contribution in [-0.4, -0.2) is 18.3 Å². The number of aliphatic hydroxyl groups is 1. The summed E-state index contributed by atoms with van der Waals surface area (Å²) >= 11 is 11.9. The van der Waals surface area contributed by atoms with E-state index in [4.69, 9.17) is 23.2 Å². The molecule has 1 aliphatic rings. The Morgan fingerprint density at radius 3 is 2.79 bits per heavy atom. The second-order valence-electron chi connectivity index (χ2n) is 3.49. The molecule has 0 saturated carbocycles. The summed E-state index contributed by atoms with van der Waals surface area (Å²) in [7, 11) is 1.82. The molecule has 0 radical (unpaired) electrons. The van der Waals surface area contributed by atoms with E-state index in [9.17, 15) is 5.11 Å². The zero-order valence-electron chi connectivity index (χ0n) is 7.72. The first-order valence-electron chi connectivity index (χ1n) is 4.46. The summed E-state index contributed by atoms with van der Waals surface area (Å²) in [5.74, 6) is 0. The van der Waals surface area contributed by atoms with Gasteiger partial charge in [-0.15, -0.1) is 0 Å². The van der Waals surface area contributed by atoms with Gasteiger partial charge in [0.05, 0.1) is 12.1 Å². The Balaban J connectivity index is 2.53. The third-order valence-corrected chi connectivity index (χ3v) is 3.19. The van der Waals surface area contributed by atoms with Crippen LogP contribution in [0.2, 0.25) is 10.0 Å². The quantitative estimate of drug-likeness (QED) is 0.777. The fourth-order valence-corrected chi connectivity index (χ4v) is 2.58. The van der Waals surface area contributed by atoms with Gasteiger partial charge in [-0.3, -0.25) is 0 Å². The molecule has 2 rings (SSSR count). The number of aliphatic hydroxyl groups excluding tert-OH is 1. The van der Waals surface area contributed by atoms with Crippen LogP contribution in [0.4, 0.5) is 0 Å². The maximum Gasteiger partial charge on any atom is 0.0775 e. The van der Waals surface area contributed by atoms with Gasteiger partial charge < -0.3 is 10.4 Å². The number of fused-ring (bicyclic) bond motifs is 1. The van der Waals surface area contributed by atoms with E-state index < -0.39 is 6.10 Å². The SMILES string of the molecule is CN[C@H]1c2cc(Cl)cc(Cl)c2C[C@H]1O. The van der Waals surface area contributed by atoms with Crippen molar-refractivity contribution in [2.45, 2.75) is 18.6 Å². The highest BCUT2D eigenvalue weighted by Crippen LogP contribution is 2.37. The van der Waals surface area contributed by atoms with Gasteiger partial charge in [0.1, 0.15) is 0 Å². The van der Waals surface area contributed by atoms with Crippen molar-refractivity contribution in [3.8, 4) is 0 Å². The van der Waals surface area contributed by atoms with Crippen molar-refractivity contribution in [3.63, 3.8) is 0 Å². The van der Waals surface area contributed by atoms with Crippen molar-refractivity contribution in [1.82, 2.24) is 5.32 Å². The Hall–Kier alpha value is -0.280. The van der Waals surface area contributed by atoms with Gasteiger partial charge in [0.2, 0.25) is 0 Å². The molecular formula is C10H11Cl2NO. The van der Waals surface area contributed by atoms with Gasteiger partial charge in [-0.05, 0) is 30.3 Å². The molecule has 0 amide bonds. The van der Waals surface area contributed by atoms with Gasteiger partial charge >= 0.3 is 0 Å². The molecular weight excluding hydrogens is 221 g/mol. The molecule has 0 unspecified atom stereocenters. The Kier molecular flexibility index (Phi) is 2.71. The molecule has 1 aromatic rings.